The molecule has 7 heteroatoms. The number of nitrogens with zero attached hydrogens (tertiary/aromatic N) is 3. The van der Waals surface area contributed by atoms with E-state index in [1.54, 1.807) is 0 Å². The van der Waals surface area contributed by atoms with Gasteiger partial charge in [-0.1, -0.05) is 41.2 Å². The van der Waals surface area contributed by atoms with Crippen molar-refractivity contribution in [2.75, 3.05) is 20.2 Å². The van der Waals surface area contributed by atoms with Gasteiger partial charge in [-0.05, 0) is 38.8 Å². The van der Waals surface area contributed by atoms with Crippen molar-refractivity contribution < 1.29 is 9.53 Å². The number of hydrogen-bond acceptors (Lipinski definition) is 6. The van der Waals surface area contributed by atoms with Gasteiger partial charge in [0.1, 0.15) is 5.01 Å². The van der Waals surface area contributed by atoms with E-state index in [1.165, 1.54) is 23.3 Å². The summed E-state index contributed by atoms with van der Waals surface area (Å²) in [6.07, 6.45) is 3.83. The van der Waals surface area contributed by atoms with Crippen LogP contribution in [0, 0.1) is 6.92 Å². The molecule has 1 amide bonds. The second-order valence-electron chi connectivity index (χ2n) is 6.85. The van der Waals surface area contributed by atoms with Crippen LogP contribution in [0.25, 0.3) is 0 Å². The summed E-state index contributed by atoms with van der Waals surface area (Å²) < 4.78 is 5.77. The second kappa shape index (κ2) is 9.21. The molecule has 1 N–H and O–H groups in total. The normalized spacial score (nSPS) is 17.4. The van der Waals surface area contributed by atoms with Crippen LogP contribution in [0.5, 0.6) is 0 Å². The molecule has 0 bridgehead atoms. The highest BCUT2D eigenvalue weighted by Gasteiger charge is 2.18. The lowest BCUT2D eigenvalue weighted by Crippen LogP contribution is -2.33. The molecule has 1 fully saturated rings. The molecule has 1 aliphatic heterocycles. The summed E-state index contributed by atoms with van der Waals surface area (Å²) in [7, 11) is 2.05. The lowest BCUT2D eigenvalue weighted by molar-refractivity contribution is -0.00262. The number of hydrogen-bond donors (Lipinski definition) is 1. The molecule has 0 aliphatic carbocycles. The van der Waals surface area contributed by atoms with Crippen LogP contribution in [0.15, 0.2) is 24.3 Å². The second-order valence-corrected chi connectivity index (χ2v) is 7.92. The Bertz CT molecular complexity index is 711. The number of carbonyl (C=O) groups is 1. The van der Waals surface area contributed by atoms with Crippen LogP contribution in [-0.4, -0.2) is 47.3 Å². The molecule has 2 heterocycles. The molecular weight excluding hydrogens is 348 g/mol. The highest BCUT2D eigenvalue weighted by atomic mass is 32.1. The predicted molar refractivity (Wildman–Crippen MR) is 102 cm³/mol. The number of amides is 1. The third-order valence-corrected chi connectivity index (χ3v) is 5.34. The molecule has 0 spiro atoms. The molecule has 140 valence electrons. The van der Waals surface area contributed by atoms with Crippen molar-refractivity contribution in [2.45, 2.75) is 45.4 Å². The highest BCUT2D eigenvalue weighted by Crippen LogP contribution is 2.16. The Kier molecular flexibility index (Phi) is 6.71. The van der Waals surface area contributed by atoms with Gasteiger partial charge in [-0.2, -0.15) is 0 Å². The minimum Gasteiger partial charge on any atom is -0.377 e. The zero-order chi connectivity index (χ0) is 18.4. The van der Waals surface area contributed by atoms with Crippen LogP contribution in [0.3, 0.4) is 0 Å². The summed E-state index contributed by atoms with van der Waals surface area (Å²) in [5.41, 5.74) is 2.28. The number of aromatic nitrogens is 2. The van der Waals surface area contributed by atoms with Gasteiger partial charge in [0.15, 0.2) is 0 Å². The van der Waals surface area contributed by atoms with E-state index in [9.17, 15) is 4.79 Å². The number of likely N-dealkylation sites (N-methyl/N-ethyl adjacent to an activating group) is 1. The molecule has 26 heavy (non-hydrogen) atoms. The number of aryl methyl sites for hydroxylation is 1. The van der Waals surface area contributed by atoms with Gasteiger partial charge in [0.05, 0.1) is 12.6 Å². The zero-order valence-corrected chi connectivity index (χ0v) is 16.2. The van der Waals surface area contributed by atoms with Crippen LogP contribution in [0.2, 0.25) is 0 Å². The maximum absolute atomic E-state index is 12.3. The van der Waals surface area contributed by atoms with Gasteiger partial charge < -0.3 is 10.1 Å². The Morgan fingerprint density at radius 1 is 1.31 bits per heavy atom. The largest absolute Gasteiger partial charge is 0.377 e. The Morgan fingerprint density at radius 3 is 2.85 bits per heavy atom. The first-order chi connectivity index (χ1) is 12.6. The molecule has 1 aromatic heterocycles. The molecular formula is C19H26N4O2S. The Labute approximate surface area is 158 Å². The molecule has 3 rings (SSSR count). The Hall–Kier alpha value is -1.83. The Morgan fingerprint density at radius 2 is 2.12 bits per heavy atom. The quantitative estimate of drug-likeness (QED) is 0.807. The van der Waals surface area contributed by atoms with E-state index >= 15 is 0 Å². The summed E-state index contributed by atoms with van der Waals surface area (Å²) in [5.74, 6) is -0.174. The van der Waals surface area contributed by atoms with E-state index in [2.05, 4.69) is 27.5 Å². The average Bonchev–Trinajstić information content (AvgIpc) is 3.10. The van der Waals surface area contributed by atoms with Gasteiger partial charge in [0, 0.05) is 19.7 Å². The van der Waals surface area contributed by atoms with E-state index in [4.69, 9.17) is 4.74 Å². The summed E-state index contributed by atoms with van der Waals surface area (Å²) in [6, 6.07) is 8.11. The molecule has 1 aromatic carbocycles. The van der Waals surface area contributed by atoms with Gasteiger partial charge in [0.25, 0.3) is 5.91 Å². The lowest BCUT2D eigenvalue weighted by Gasteiger charge is -2.26. The van der Waals surface area contributed by atoms with Crippen molar-refractivity contribution in [1.82, 2.24) is 20.4 Å². The van der Waals surface area contributed by atoms with E-state index in [0.717, 1.165) is 36.6 Å². The van der Waals surface area contributed by atoms with Crippen LogP contribution >= 0.6 is 11.3 Å². The van der Waals surface area contributed by atoms with Crippen molar-refractivity contribution in [3.8, 4) is 0 Å². The molecule has 1 unspecified atom stereocenters. The van der Waals surface area contributed by atoms with E-state index in [-0.39, 0.29) is 5.91 Å². The third kappa shape index (κ3) is 5.59. The van der Waals surface area contributed by atoms with Crippen molar-refractivity contribution in [3.63, 3.8) is 0 Å². The standard InChI is InChI=1S/C19H26N4O2S/c1-14-6-8-15(9-7-14)11-20-18(24)19-22-21-17(26-19)13-23(2)12-16-5-3-4-10-25-16/h6-9,16H,3-5,10-13H2,1-2H3,(H,20,24). The summed E-state index contributed by atoms with van der Waals surface area (Å²) in [6.45, 7) is 4.97. The first-order valence-corrected chi connectivity index (χ1v) is 9.88. The summed E-state index contributed by atoms with van der Waals surface area (Å²) in [5, 5.41) is 12.4. The summed E-state index contributed by atoms with van der Waals surface area (Å²) >= 11 is 1.35. The van der Waals surface area contributed by atoms with Gasteiger partial charge in [-0.15, -0.1) is 10.2 Å². The Balaban J connectivity index is 1.46. The highest BCUT2D eigenvalue weighted by molar-refractivity contribution is 7.13. The van der Waals surface area contributed by atoms with E-state index in [0.29, 0.717) is 24.2 Å². The molecule has 1 atom stereocenters. The number of rotatable bonds is 7. The van der Waals surface area contributed by atoms with Crippen molar-refractivity contribution >= 4 is 17.2 Å². The van der Waals surface area contributed by atoms with Crippen LogP contribution in [0.4, 0.5) is 0 Å². The van der Waals surface area contributed by atoms with Crippen LogP contribution < -0.4 is 5.32 Å². The first-order valence-electron chi connectivity index (χ1n) is 9.06. The number of ether oxygens (including phenoxy) is 1. The topological polar surface area (TPSA) is 67.4 Å². The monoisotopic (exact) mass is 374 g/mol. The van der Waals surface area contributed by atoms with Gasteiger partial charge >= 0.3 is 0 Å². The summed E-state index contributed by atoms with van der Waals surface area (Å²) in [4.78, 5) is 14.4. The van der Waals surface area contributed by atoms with Crippen molar-refractivity contribution in [2.24, 2.45) is 0 Å². The van der Waals surface area contributed by atoms with Crippen molar-refractivity contribution in [3.05, 3.63) is 45.4 Å². The minimum absolute atomic E-state index is 0.174. The molecule has 0 saturated carbocycles. The predicted octanol–water partition coefficient (Wildman–Crippen LogP) is 2.78. The number of carbonyl (C=O) groups excluding carboxylic acids is 1. The molecule has 1 aliphatic rings. The minimum atomic E-state index is -0.174. The SMILES string of the molecule is Cc1ccc(CNC(=O)c2nnc(CN(C)CC3CCCCO3)s2)cc1. The molecule has 6 nitrogen and oxygen atoms in total. The average molecular weight is 375 g/mol. The molecule has 0 radical (unpaired) electrons. The van der Waals surface area contributed by atoms with Crippen LogP contribution in [0.1, 0.15) is 45.2 Å². The number of nitrogens with one attached hydrogen (secondary N) is 1. The molecule has 2 aromatic rings. The van der Waals surface area contributed by atoms with Gasteiger partial charge in [0.2, 0.25) is 5.01 Å². The number of benzene rings is 1. The third-order valence-electron chi connectivity index (χ3n) is 4.43. The smallest absolute Gasteiger partial charge is 0.282 e. The van der Waals surface area contributed by atoms with Gasteiger partial charge in [-0.3, -0.25) is 9.69 Å². The van der Waals surface area contributed by atoms with Crippen LogP contribution in [-0.2, 0) is 17.8 Å². The lowest BCUT2D eigenvalue weighted by atomic mass is 10.1. The van der Waals surface area contributed by atoms with Crippen molar-refractivity contribution in [1.29, 1.82) is 0 Å². The van der Waals surface area contributed by atoms with E-state index < -0.39 is 0 Å². The maximum Gasteiger partial charge on any atom is 0.282 e. The fourth-order valence-corrected chi connectivity index (χ4v) is 3.80. The van der Waals surface area contributed by atoms with E-state index in [1.807, 2.05) is 31.2 Å². The fourth-order valence-electron chi connectivity index (χ4n) is 2.97. The fraction of sp³-hybridized carbons (Fsp3) is 0.526. The first kappa shape index (κ1) is 18.9. The molecule has 1 saturated heterocycles. The maximum atomic E-state index is 12.3. The van der Waals surface area contributed by atoms with Gasteiger partial charge in [-0.25, -0.2) is 0 Å². The zero-order valence-electron chi connectivity index (χ0n) is 15.4.